The van der Waals surface area contributed by atoms with E-state index in [1.54, 1.807) is 17.3 Å². The summed E-state index contributed by atoms with van der Waals surface area (Å²) in [6.45, 7) is 2.51. The van der Waals surface area contributed by atoms with Crippen LogP contribution in [0, 0.1) is 6.92 Å². The minimum Gasteiger partial charge on any atom is -0.481 e. The molecule has 2 N–H and O–H groups in total. The molecule has 108 valence electrons. The fourth-order valence-corrected chi connectivity index (χ4v) is 2.82. The lowest BCUT2D eigenvalue weighted by Crippen LogP contribution is -2.40. The smallest absolute Gasteiger partial charge is 0.312 e. The van der Waals surface area contributed by atoms with Crippen LogP contribution in [0.1, 0.15) is 33.0 Å². The van der Waals surface area contributed by atoms with Gasteiger partial charge in [-0.25, -0.2) is 0 Å². The molecule has 0 spiro atoms. The predicted molar refractivity (Wildman–Crippen MR) is 77.1 cm³/mol. The molecule has 2 heterocycles. The van der Waals surface area contributed by atoms with Crippen LogP contribution in [0.15, 0.2) is 36.7 Å². The number of hydrogen-bond acceptors (Lipinski definition) is 2. The molecule has 2 aromatic rings. The van der Waals surface area contributed by atoms with Crippen molar-refractivity contribution >= 4 is 11.9 Å². The summed E-state index contributed by atoms with van der Waals surface area (Å²) in [6.07, 6.45) is 3.42. The van der Waals surface area contributed by atoms with Crippen molar-refractivity contribution in [1.82, 2.24) is 9.88 Å². The van der Waals surface area contributed by atoms with Crippen LogP contribution in [0.5, 0.6) is 0 Å². The number of H-pyrrole nitrogens is 1. The molecule has 1 unspecified atom stereocenters. The van der Waals surface area contributed by atoms with E-state index >= 15 is 0 Å². The number of fused-ring (bicyclic) bond motifs is 1. The Morgan fingerprint density at radius 2 is 2.05 bits per heavy atom. The number of amides is 1. The highest BCUT2D eigenvalue weighted by molar-refractivity contribution is 5.96. The van der Waals surface area contributed by atoms with Gasteiger partial charge >= 0.3 is 5.97 Å². The Hall–Kier alpha value is -2.56. The number of carboxylic acid groups (broad SMARTS) is 1. The second kappa shape index (κ2) is 5.09. The average Bonchev–Trinajstić information content (AvgIpc) is 2.91. The van der Waals surface area contributed by atoms with Crippen LogP contribution in [-0.2, 0) is 11.3 Å². The van der Waals surface area contributed by atoms with Gasteiger partial charge in [0.05, 0.1) is 11.5 Å². The van der Waals surface area contributed by atoms with Crippen molar-refractivity contribution in [3.63, 3.8) is 0 Å². The van der Waals surface area contributed by atoms with E-state index in [0.29, 0.717) is 12.1 Å². The van der Waals surface area contributed by atoms with Crippen molar-refractivity contribution in [3.8, 4) is 0 Å². The number of nitrogens with zero attached hydrogens (tertiary/aromatic N) is 1. The molecule has 0 bridgehead atoms. The first-order valence-electron chi connectivity index (χ1n) is 6.81. The van der Waals surface area contributed by atoms with Gasteiger partial charge in [-0.05, 0) is 23.6 Å². The summed E-state index contributed by atoms with van der Waals surface area (Å²) < 4.78 is 0. The standard InChI is InChI=1S/C16H16N2O3/c1-10-6-17-7-13(10)15(19)18-8-11-4-2-3-5-12(11)14(9-18)16(20)21/h2-7,14,17H,8-9H2,1H3,(H,20,21). The number of aromatic amines is 1. The summed E-state index contributed by atoms with van der Waals surface area (Å²) in [6, 6.07) is 7.42. The van der Waals surface area contributed by atoms with Crippen molar-refractivity contribution < 1.29 is 14.7 Å². The number of carbonyl (C=O) groups is 2. The van der Waals surface area contributed by atoms with Crippen molar-refractivity contribution in [2.75, 3.05) is 6.54 Å². The molecule has 1 aliphatic rings. The SMILES string of the molecule is Cc1c[nH]cc1C(=O)N1Cc2ccccc2C(C(=O)O)C1. The summed E-state index contributed by atoms with van der Waals surface area (Å²) in [4.78, 5) is 28.6. The van der Waals surface area contributed by atoms with Crippen LogP contribution in [-0.4, -0.2) is 33.4 Å². The van der Waals surface area contributed by atoms with E-state index in [2.05, 4.69) is 4.98 Å². The van der Waals surface area contributed by atoms with Gasteiger partial charge in [-0.15, -0.1) is 0 Å². The molecule has 1 aromatic carbocycles. The minimum absolute atomic E-state index is 0.130. The summed E-state index contributed by atoms with van der Waals surface area (Å²) in [5.41, 5.74) is 3.17. The molecule has 0 saturated carbocycles. The van der Waals surface area contributed by atoms with Gasteiger partial charge in [0.2, 0.25) is 0 Å². The molecule has 3 rings (SSSR count). The van der Waals surface area contributed by atoms with Crippen LogP contribution < -0.4 is 0 Å². The maximum absolute atomic E-state index is 12.6. The van der Waals surface area contributed by atoms with Crippen LogP contribution in [0.25, 0.3) is 0 Å². The first-order valence-corrected chi connectivity index (χ1v) is 6.81. The third-order valence-electron chi connectivity index (χ3n) is 3.96. The van der Waals surface area contributed by atoms with E-state index in [1.807, 2.05) is 31.2 Å². The Labute approximate surface area is 122 Å². The molecule has 21 heavy (non-hydrogen) atoms. The lowest BCUT2D eigenvalue weighted by atomic mass is 9.89. The number of aryl methyl sites for hydroxylation is 1. The highest BCUT2D eigenvalue weighted by Gasteiger charge is 2.33. The van der Waals surface area contributed by atoms with Crippen LogP contribution in [0.3, 0.4) is 0 Å². The zero-order chi connectivity index (χ0) is 15.0. The molecular formula is C16H16N2O3. The van der Waals surface area contributed by atoms with Gasteiger partial charge in [-0.2, -0.15) is 0 Å². The molecule has 1 atom stereocenters. The Kier molecular flexibility index (Phi) is 3.25. The van der Waals surface area contributed by atoms with E-state index in [9.17, 15) is 14.7 Å². The normalized spacial score (nSPS) is 17.4. The van der Waals surface area contributed by atoms with Gasteiger partial charge in [0.15, 0.2) is 0 Å². The van der Waals surface area contributed by atoms with E-state index in [0.717, 1.165) is 16.7 Å². The average molecular weight is 284 g/mol. The van der Waals surface area contributed by atoms with Gasteiger partial charge in [0, 0.05) is 25.5 Å². The number of hydrogen-bond donors (Lipinski definition) is 2. The Bertz CT molecular complexity index is 705. The number of carboxylic acids is 1. The minimum atomic E-state index is -0.897. The number of carbonyl (C=O) groups excluding carboxylic acids is 1. The fourth-order valence-electron chi connectivity index (χ4n) is 2.82. The number of aliphatic carboxylic acids is 1. The molecule has 5 heteroatoms. The molecular weight excluding hydrogens is 268 g/mol. The number of aromatic nitrogens is 1. The summed E-state index contributed by atoms with van der Waals surface area (Å²) in [5.74, 6) is -1.70. The maximum atomic E-state index is 12.6. The lowest BCUT2D eigenvalue weighted by molar-refractivity contribution is -0.139. The maximum Gasteiger partial charge on any atom is 0.312 e. The Morgan fingerprint density at radius 3 is 2.71 bits per heavy atom. The molecule has 0 aliphatic carbocycles. The highest BCUT2D eigenvalue weighted by atomic mass is 16.4. The largest absolute Gasteiger partial charge is 0.481 e. The number of rotatable bonds is 2. The summed E-state index contributed by atoms with van der Waals surface area (Å²) in [5, 5.41) is 9.43. The van der Waals surface area contributed by atoms with Crippen molar-refractivity contribution in [1.29, 1.82) is 0 Å². The first kappa shape index (κ1) is 13.4. The van der Waals surface area contributed by atoms with Crippen LogP contribution in [0.2, 0.25) is 0 Å². The van der Waals surface area contributed by atoms with Crippen LogP contribution in [0.4, 0.5) is 0 Å². The lowest BCUT2D eigenvalue weighted by Gasteiger charge is -2.32. The Morgan fingerprint density at radius 1 is 1.29 bits per heavy atom. The molecule has 0 radical (unpaired) electrons. The van der Waals surface area contributed by atoms with Crippen molar-refractivity contribution in [2.24, 2.45) is 0 Å². The van der Waals surface area contributed by atoms with E-state index in [4.69, 9.17) is 0 Å². The molecule has 0 fully saturated rings. The molecule has 0 saturated heterocycles. The molecule has 5 nitrogen and oxygen atoms in total. The van der Waals surface area contributed by atoms with E-state index in [1.165, 1.54) is 0 Å². The highest BCUT2D eigenvalue weighted by Crippen LogP contribution is 2.29. The second-order valence-corrected chi connectivity index (χ2v) is 5.33. The molecule has 1 aromatic heterocycles. The Balaban J connectivity index is 1.95. The third-order valence-corrected chi connectivity index (χ3v) is 3.96. The molecule has 1 amide bonds. The quantitative estimate of drug-likeness (QED) is 0.887. The molecule has 1 aliphatic heterocycles. The van der Waals surface area contributed by atoms with E-state index in [-0.39, 0.29) is 12.5 Å². The predicted octanol–water partition coefficient (Wildman–Crippen LogP) is 2.15. The van der Waals surface area contributed by atoms with Gasteiger partial charge in [0.1, 0.15) is 0 Å². The second-order valence-electron chi connectivity index (χ2n) is 5.33. The van der Waals surface area contributed by atoms with Crippen LogP contribution >= 0.6 is 0 Å². The van der Waals surface area contributed by atoms with Gasteiger partial charge in [-0.1, -0.05) is 24.3 Å². The topological polar surface area (TPSA) is 73.4 Å². The third kappa shape index (κ3) is 2.31. The van der Waals surface area contributed by atoms with Gasteiger partial charge < -0.3 is 15.0 Å². The summed E-state index contributed by atoms with van der Waals surface area (Å²) >= 11 is 0. The zero-order valence-electron chi connectivity index (χ0n) is 11.7. The fraction of sp³-hybridized carbons (Fsp3) is 0.250. The van der Waals surface area contributed by atoms with Gasteiger partial charge in [0.25, 0.3) is 5.91 Å². The van der Waals surface area contributed by atoms with Crippen molar-refractivity contribution in [3.05, 3.63) is 58.9 Å². The summed E-state index contributed by atoms with van der Waals surface area (Å²) in [7, 11) is 0. The first-order chi connectivity index (χ1) is 10.1. The number of benzene rings is 1. The van der Waals surface area contributed by atoms with Gasteiger partial charge in [-0.3, -0.25) is 9.59 Å². The van der Waals surface area contributed by atoms with Crippen molar-refractivity contribution in [2.45, 2.75) is 19.4 Å². The zero-order valence-corrected chi connectivity index (χ0v) is 11.7. The monoisotopic (exact) mass is 284 g/mol. The number of nitrogens with one attached hydrogen (secondary N) is 1. The van der Waals surface area contributed by atoms with E-state index < -0.39 is 11.9 Å².